The second-order valence-corrected chi connectivity index (χ2v) is 2.30. The van der Waals surface area contributed by atoms with Gasteiger partial charge in [-0.3, -0.25) is 10.1 Å². The highest BCUT2D eigenvalue weighted by atomic mass is 16.5. The van der Waals surface area contributed by atoms with Crippen molar-refractivity contribution in [3.8, 4) is 6.01 Å². The molecule has 1 amide bonds. The van der Waals surface area contributed by atoms with E-state index in [0.29, 0.717) is 19.0 Å². The molecule has 0 saturated carbocycles. The number of amides is 1. The number of carbonyl (C=O) groups excluding carboxylic acids is 1. The predicted octanol–water partition coefficient (Wildman–Crippen LogP) is 0.552. The predicted molar refractivity (Wildman–Crippen MR) is 46.5 cm³/mol. The van der Waals surface area contributed by atoms with E-state index in [1.54, 1.807) is 6.92 Å². The minimum absolute atomic E-state index is 0.112. The Bertz CT molecular complexity index is 284. The molecule has 1 aromatic rings. The molecule has 0 bridgehead atoms. The number of aromatic amines is 1. The maximum absolute atomic E-state index is 10.9. The summed E-state index contributed by atoms with van der Waals surface area (Å²) in [5, 5.41) is 8.78. The summed E-state index contributed by atoms with van der Waals surface area (Å²) in [4.78, 5) is 14.8. The molecule has 1 heterocycles. The summed E-state index contributed by atoms with van der Waals surface area (Å²) in [7, 11) is 0. The van der Waals surface area contributed by atoms with E-state index in [9.17, 15) is 4.79 Å². The van der Waals surface area contributed by atoms with Gasteiger partial charge in [0.1, 0.15) is 0 Å². The van der Waals surface area contributed by atoms with Crippen molar-refractivity contribution in [2.24, 2.45) is 0 Å². The van der Waals surface area contributed by atoms with Gasteiger partial charge in [0.05, 0.1) is 6.61 Å². The highest BCUT2D eigenvalue weighted by molar-refractivity contribution is 5.88. The number of nitrogens with one attached hydrogen (secondary N) is 2. The Kier molecular flexibility index (Phi) is 3.24. The molecule has 0 aliphatic carbocycles. The Hall–Kier alpha value is -1.59. The molecule has 0 aromatic carbocycles. The second kappa shape index (κ2) is 4.44. The van der Waals surface area contributed by atoms with E-state index in [1.165, 1.54) is 0 Å². The van der Waals surface area contributed by atoms with E-state index in [-0.39, 0.29) is 11.9 Å². The third-order valence-corrected chi connectivity index (χ3v) is 1.32. The lowest BCUT2D eigenvalue weighted by atomic mass is 10.5. The van der Waals surface area contributed by atoms with E-state index in [0.717, 1.165) is 0 Å². The van der Waals surface area contributed by atoms with Crippen LogP contribution in [0.5, 0.6) is 6.01 Å². The molecule has 0 aliphatic rings. The fraction of sp³-hybridized carbons (Fsp3) is 0.571. The van der Waals surface area contributed by atoms with Gasteiger partial charge in [0.2, 0.25) is 11.9 Å². The summed E-state index contributed by atoms with van der Waals surface area (Å²) >= 11 is 0. The molecule has 13 heavy (non-hydrogen) atoms. The molecule has 6 heteroatoms. The second-order valence-electron chi connectivity index (χ2n) is 2.30. The van der Waals surface area contributed by atoms with Gasteiger partial charge in [-0.1, -0.05) is 6.92 Å². The van der Waals surface area contributed by atoms with Crippen molar-refractivity contribution in [1.29, 1.82) is 0 Å². The zero-order valence-electron chi connectivity index (χ0n) is 7.63. The van der Waals surface area contributed by atoms with E-state index >= 15 is 0 Å². The standard InChI is InChI=1S/C7H12N4O2/c1-3-5(12)8-6-9-7(11-10-6)13-4-2/h3-4H2,1-2H3,(H2,8,9,10,11,12). The van der Waals surface area contributed by atoms with Gasteiger partial charge < -0.3 is 4.74 Å². The van der Waals surface area contributed by atoms with E-state index < -0.39 is 0 Å². The largest absolute Gasteiger partial charge is 0.463 e. The van der Waals surface area contributed by atoms with Crippen molar-refractivity contribution < 1.29 is 9.53 Å². The summed E-state index contributed by atoms with van der Waals surface area (Å²) in [5.74, 6) is 0.203. The van der Waals surface area contributed by atoms with Crippen LogP contribution in [0.1, 0.15) is 20.3 Å². The summed E-state index contributed by atoms with van der Waals surface area (Å²) in [5.41, 5.74) is 0. The normalized spacial score (nSPS) is 9.69. The van der Waals surface area contributed by atoms with Crippen LogP contribution in [0.25, 0.3) is 0 Å². The number of nitrogens with zero attached hydrogens (tertiary/aromatic N) is 2. The van der Waals surface area contributed by atoms with Crippen molar-refractivity contribution in [2.75, 3.05) is 11.9 Å². The van der Waals surface area contributed by atoms with E-state index in [4.69, 9.17) is 4.74 Å². The van der Waals surface area contributed by atoms with Crippen molar-refractivity contribution in [3.63, 3.8) is 0 Å². The van der Waals surface area contributed by atoms with Crippen LogP contribution in [-0.2, 0) is 4.79 Å². The molecule has 0 spiro atoms. The quantitative estimate of drug-likeness (QED) is 0.716. The monoisotopic (exact) mass is 184 g/mol. The third kappa shape index (κ3) is 2.73. The van der Waals surface area contributed by atoms with Crippen molar-refractivity contribution in [2.45, 2.75) is 20.3 Å². The van der Waals surface area contributed by atoms with Gasteiger partial charge in [-0.25, -0.2) is 5.10 Å². The number of anilines is 1. The van der Waals surface area contributed by atoms with Gasteiger partial charge in [0, 0.05) is 6.42 Å². The molecule has 6 nitrogen and oxygen atoms in total. The zero-order valence-corrected chi connectivity index (χ0v) is 7.63. The van der Waals surface area contributed by atoms with Gasteiger partial charge >= 0.3 is 6.01 Å². The molecule has 0 atom stereocenters. The van der Waals surface area contributed by atoms with Gasteiger partial charge in [0.15, 0.2) is 0 Å². The molecule has 0 aliphatic heterocycles. The first-order chi connectivity index (χ1) is 6.26. The zero-order chi connectivity index (χ0) is 9.68. The number of ether oxygens (including phenoxy) is 1. The van der Waals surface area contributed by atoms with Crippen LogP contribution in [-0.4, -0.2) is 27.7 Å². The lowest BCUT2D eigenvalue weighted by Gasteiger charge is -1.95. The first kappa shape index (κ1) is 9.50. The van der Waals surface area contributed by atoms with Crippen molar-refractivity contribution in [3.05, 3.63) is 0 Å². The lowest BCUT2D eigenvalue weighted by Crippen LogP contribution is -2.10. The third-order valence-electron chi connectivity index (χ3n) is 1.32. The summed E-state index contributed by atoms with van der Waals surface area (Å²) in [6, 6.07) is 0.244. The number of rotatable bonds is 4. The number of aromatic nitrogens is 3. The first-order valence-corrected chi connectivity index (χ1v) is 4.11. The van der Waals surface area contributed by atoms with E-state index in [1.807, 2.05) is 6.92 Å². The Balaban J connectivity index is 2.53. The summed E-state index contributed by atoms with van der Waals surface area (Å²) < 4.78 is 5.00. The van der Waals surface area contributed by atoms with E-state index in [2.05, 4.69) is 20.5 Å². The lowest BCUT2D eigenvalue weighted by molar-refractivity contribution is -0.115. The Morgan fingerprint density at radius 3 is 3.00 bits per heavy atom. The average Bonchev–Trinajstić information content (AvgIpc) is 2.53. The van der Waals surface area contributed by atoms with Gasteiger partial charge in [-0.15, -0.1) is 5.10 Å². The van der Waals surface area contributed by atoms with Crippen molar-refractivity contribution in [1.82, 2.24) is 15.2 Å². The first-order valence-electron chi connectivity index (χ1n) is 4.11. The molecule has 0 saturated heterocycles. The summed E-state index contributed by atoms with van der Waals surface area (Å²) in [6.45, 7) is 4.09. The Morgan fingerprint density at radius 1 is 1.62 bits per heavy atom. The maximum atomic E-state index is 10.9. The average molecular weight is 184 g/mol. The highest BCUT2D eigenvalue weighted by Gasteiger charge is 2.05. The van der Waals surface area contributed by atoms with Gasteiger partial charge in [-0.2, -0.15) is 4.98 Å². The number of hydrogen-bond acceptors (Lipinski definition) is 4. The fourth-order valence-corrected chi connectivity index (χ4v) is 0.716. The number of hydrogen-bond donors (Lipinski definition) is 2. The topological polar surface area (TPSA) is 79.9 Å². The number of H-pyrrole nitrogens is 1. The Morgan fingerprint density at radius 2 is 2.38 bits per heavy atom. The van der Waals surface area contributed by atoms with Gasteiger partial charge in [-0.05, 0) is 6.92 Å². The smallest absolute Gasteiger partial charge is 0.337 e. The minimum atomic E-state index is -0.112. The molecular weight excluding hydrogens is 172 g/mol. The molecule has 0 radical (unpaired) electrons. The van der Waals surface area contributed by atoms with Crippen LogP contribution in [0, 0.1) is 0 Å². The van der Waals surface area contributed by atoms with Crippen LogP contribution in [0.3, 0.4) is 0 Å². The molecule has 0 unspecified atom stereocenters. The fourth-order valence-electron chi connectivity index (χ4n) is 0.716. The molecule has 72 valence electrons. The SMILES string of the molecule is CCOc1n[nH]c(NC(=O)CC)n1. The van der Waals surface area contributed by atoms with Crippen LogP contribution in [0.4, 0.5) is 5.95 Å². The minimum Gasteiger partial charge on any atom is -0.463 e. The molecule has 1 rings (SSSR count). The molecule has 0 fully saturated rings. The Labute approximate surface area is 75.7 Å². The molecule has 1 aromatic heterocycles. The van der Waals surface area contributed by atoms with Crippen LogP contribution in [0.2, 0.25) is 0 Å². The van der Waals surface area contributed by atoms with Crippen LogP contribution in [0.15, 0.2) is 0 Å². The highest BCUT2D eigenvalue weighted by Crippen LogP contribution is 2.05. The number of carbonyl (C=O) groups is 1. The summed E-state index contributed by atoms with van der Waals surface area (Å²) in [6.07, 6.45) is 0.407. The van der Waals surface area contributed by atoms with Crippen molar-refractivity contribution >= 4 is 11.9 Å². The van der Waals surface area contributed by atoms with Gasteiger partial charge in [0.25, 0.3) is 0 Å². The van der Waals surface area contributed by atoms with Crippen LogP contribution < -0.4 is 10.1 Å². The molecular formula is C7H12N4O2. The van der Waals surface area contributed by atoms with Crippen LogP contribution >= 0.6 is 0 Å². The molecule has 2 N–H and O–H groups in total. The maximum Gasteiger partial charge on any atom is 0.337 e.